The van der Waals surface area contributed by atoms with Crippen LogP contribution in [0.25, 0.3) is 0 Å². The summed E-state index contributed by atoms with van der Waals surface area (Å²) in [6.07, 6.45) is 2.42. The number of cyclic esters (lactones) is 1. The molecule has 3 rings (SSSR count). The lowest BCUT2D eigenvalue weighted by atomic mass is 9.83. The van der Waals surface area contributed by atoms with Crippen LogP contribution < -0.4 is 16.0 Å². The van der Waals surface area contributed by atoms with Crippen molar-refractivity contribution in [2.45, 2.75) is 70.9 Å². The Morgan fingerprint density at radius 1 is 1.20 bits per heavy atom. The standard InChI is InChI=1S/C26H35N3O6/c1-5-15(3)21-22(35-25(21)32)24(31)29-20-13-18(20)12-19(6-2)28-23(30)16(4)27-26(33)34-14-17-10-8-7-9-11-17/h6-11,15-16,18-22H,2,5,12-14H2,1,3-4H3,(H,27,33)(H,28,30)(H,29,31)/t15?,16-,18-,19+,20-,21-,22+/m0/s1. The van der Waals surface area contributed by atoms with Crippen LogP contribution in [-0.4, -0.2) is 48.1 Å². The summed E-state index contributed by atoms with van der Waals surface area (Å²) in [6, 6.07) is 8.13. The fourth-order valence-electron chi connectivity index (χ4n) is 4.13. The molecular weight excluding hydrogens is 450 g/mol. The van der Waals surface area contributed by atoms with E-state index in [4.69, 9.17) is 9.47 Å². The first kappa shape index (κ1) is 26.2. The molecule has 1 saturated carbocycles. The number of amides is 3. The Hall–Kier alpha value is -3.36. The Morgan fingerprint density at radius 3 is 2.54 bits per heavy atom. The first-order valence-corrected chi connectivity index (χ1v) is 12.1. The fraction of sp³-hybridized carbons (Fsp3) is 0.538. The minimum absolute atomic E-state index is 0.0257. The van der Waals surface area contributed by atoms with Crippen molar-refractivity contribution >= 4 is 23.9 Å². The molecule has 0 aromatic heterocycles. The van der Waals surface area contributed by atoms with E-state index in [1.807, 2.05) is 44.2 Å². The highest BCUT2D eigenvalue weighted by atomic mass is 16.6. The summed E-state index contributed by atoms with van der Waals surface area (Å²) < 4.78 is 10.2. The largest absolute Gasteiger partial charge is 0.451 e. The van der Waals surface area contributed by atoms with E-state index in [1.165, 1.54) is 0 Å². The van der Waals surface area contributed by atoms with E-state index < -0.39 is 18.2 Å². The molecule has 1 aromatic carbocycles. The Bertz CT molecular complexity index is 936. The van der Waals surface area contributed by atoms with Gasteiger partial charge in [-0.1, -0.05) is 56.7 Å². The summed E-state index contributed by atoms with van der Waals surface area (Å²) in [6.45, 7) is 9.41. The number of ether oxygens (including phenoxy) is 2. The summed E-state index contributed by atoms with van der Waals surface area (Å²) in [5.74, 6) is -1.04. The average molecular weight is 486 g/mol. The second-order valence-corrected chi connectivity index (χ2v) is 9.39. The number of esters is 1. The Kier molecular flexibility index (Phi) is 8.89. The van der Waals surface area contributed by atoms with Crippen LogP contribution in [0.15, 0.2) is 43.0 Å². The van der Waals surface area contributed by atoms with Gasteiger partial charge in [-0.15, -0.1) is 6.58 Å². The maximum absolute atomic E-state index is 12.5. The number of hydrogen-bond donors (Lipinski definition) is 3. The highest BCUT2D eigenvalue weighted by molar-refractivity contribution is 5.94. The van der Waals surface area contributed by atoms with Gasteiger partial charge in [0, 0.05) is 12.1 Å². The molecular formula is C26H35N3O6. The van der Waals surface area contributed by atoms with Crippen molar-refractivity contribution in [1.82, 2.24) is 16.0 Å². The molecule has 9 heteroatoms. The lowest BCUT2D eigenvalue weighted by molar-refractivity contribution is -0.193. The summed E-state index contributed by atoms with van der Waals surface area (Å²) >= 11 is 0. The molecule has 2 fully saturated rings. The quantitative estimate of drug-likeness (QED) is 0.309. The predicted molar refractivity (Wildman–Crippen MR) is 129 cm³/mol. The van der Waals surface area contributed by atoms with Gasteiger partial charge in [0.2, 0.25) is 5.91 Å². The van der Waals surface area contributed by atoms with Crippen molar-refractivity contribution in [2.75, 3.05) is 0 Å². The molecule has 1 unspecified atom stereocenters. The van der Waals surface area contributed by atoms with Crippen molar-refractivity contribution in [1.29, 1.82) is 0 Å². The Morgan fingerprint density at radius 2 is 1.91 bits per heavy atom. The number of alkyl carbamates (subject to hydrolysis) is 1. The van der Waals surface area contributed by atoms with Gasteiger partial charge in [-0.2, -0.15) is 0 Å². The zero-order valence-electron chi connectivity index (χ0n) is 20.5. The normalized spacial score (nSPS) is 25.1. The molecule has 9 nitrogen and oxygen atoms in total. The highest BCUT2D eigenvalue weighted by Gasteiger charge is 2.51. The molecule has 1 aromatic rings. The summed E-state index contributed by atoms with van der Waals surface area (Å²) in [5, 5.41) is 8.34. The SMILES string of the molecule is C=C[C@H](C[C@H]1C[C@@H]1NC(=O)[C@@H]1OC(=O)[C@H]1C(C)CC)NC(=O)[C@H](C)NC(=O)OCc1ccccc1. The summed E-state index contributed by atoms with van der Waals surface area (Å²) in [7, 11) is 0. The van der Waals surface area contributed by atoms with E-state index >= 15 is 0 Å². The van der Waals surface area contributed by atoms with Gasteiger partial charge in [-0.05, 0) is 37.2 Å². The maximum Gasteiger partial charge on any atom is 0.408 e. The predicted octanol–water partition coefficient (Wildman–Crippen LogP) is 2.45. The third kappa shape index (κ3) is 7.07. The molecule has 1 saturated heterocycles. The molecule has 1 heterocycles. The topological polar surface area (TPSA) is 123 Å². The van der Waals surface area contributed by atoms with E-state index in [2.05, 4.69) is 22.5 Å². The van der Waals surface area contributed by atoms with E-state index in [0.717, 1.165) is 18.4 Å². The highest BCUT2D eigenvalue weighted by Crippen LogP contribution is 2.37. The fourth-order valence-corrected chi connectivity index (χ4v) is 4.13. The second kappa shape index (κ2) is 11.9. The summed E-state index contributed by atoms with van der Waals surface area (Å²) in [4.78, 5) is 48.8. The molecule has 190 valence electrons. The maximum atomic E-state index is 12.5. The molecule has 2 aliphatic rings. The van der Waals surface area contributed by atoms with Gasteiger partial charge in [0.15, 0.2) is 6.10 Å². The number of carbonyl (C=O) groups is 4. The van der Waals surface area contributed by atoms with Crippen LogP contribution in [0.1, 0.15) is 45.6 Å². The van der Waals surface area contributed by atoms with Crippen LogP contribution in [-0.2, 0) is 30.5 Å². The lowest BCUT2D eigenvalue weighted by Gasteiger charge is -2.37. The van der Waals surface area contributed by atoms with E-state index in [-0.39, 0.29) is 54.2 Å². The van der Waals surface area contributed by atoms with Crippen LogP contribution in [0.3, 0.4) is 0 Å². The van der Waals surface area contributed by atoms with Crippen molar-refractivity contribution in [2.24, 2.45) is 17.8 Å². The van der Waals surface area contributed by atoms with E-state index in [0.29, 0.717) is 6.42 Å². The first-order valence-electron chi connectivity index (χ1n) is 12.1. The molecule has 3 amide bonds. The monoisotopic (exact) mass is 485 g/mol. The molecule has 1 aliphatic heterocycles. The third-order valence-electron chi connectivity index (χ3n) is 6.72. The zero-order valence-corrected chi connectivity index (χ0v) is 20.5. The Labute approximate surface area is 206 Å². The number of carbonyl (C=O) groups excluding carboxylic acids is 4. The third-order valence-corrected chi connectivity index (χ3v) is 6.72. The van der Waals surface area contributed by atoms with Gasteiger partial charge in [-0.25, -0.2) is 4.79 Å². The number of rotatable bonds is 12. The van der Waals surface area contributed by atoms with Gasteiger partial charge in [-0.3, -0.25) is 14.4 Å². The van der Waals surface area contributed by atoms with Gasteiger partial charge in [0.1, 0.15) is 18.6 Å². The van der Waals surface area contributed by atoms with Crippen molar-refractivity contribution in [3.05, 3.63) is 48.6 Å². The smallest absolute Gasteiger partial charge is 0.408 e. The van der Waals surface area contributed by atoms with Gasteiger partial charge < -0.3 is 25.4 Å². The Balaban J connectivity index is 1.37. The van der Waals surface area contributed by atoms with Crippen LogP contribution in [0.2, 0.25) is 0 Å². The van der Waals surface area contributed by atoms with Crippen LogP contribution in [0, 0.1) is 17.8 Å². The van der Waals surface area contributed by atoms with Crippen LogP contribution in [0.4, 0.5) is 4.79 Å². The molecule has 3 N–H and O–H groups in total. The molecule has 0 bridgehead atoms. The van der Waals surface area contributed by atoms with Gasteiger partial charge in [0.05, 0.1) is 0 Å². The average Bonchev–Trinajstić information content (AvgIpc) is 3.57. The first-order chi connectivity index (χ1) is 16.7. The number of benzene rings is 1. The van der Waals surface area contributed by atoms with Crippen LogP contribution >= 0.6 is 0 Å². The number of nitrogens with one attached hydrogen (secondary N) is 3. The minimum Gasteiger partial charge on any atom is -0.451 e. The molecule has 0 spiro atoms. The van der Waals surface area contributed by atoms with Gasteiger partial charge >= 0.3 is 12.1 Å². The molecule has 1 aliphatic carbocycles. The lowest BCUT2D eigenvalue weighted by Crippen LogP contribution is -2.56. The van der Waals surface area contributed by atoms with Crippen molar-refractivity contribution in [3.63, 3.8) is 0 Å². The van der Waals surface area contributed by atoms with E-state index in [1.54, 1.807) is 13.0 Å². The van der Waals surface area contributed by atoms with Crippen LogP contribution in [0.5, 0.6) is 0 Å². The van der Waals surface area contributed by atoms with E-state index in [9.17, 15) is 19.2 Å². The number of hydrogen-bond acceptors (Lipinski definition) is 6. The molecule has 7 atom stereocenters. The van der Waals surface area contributed by atoms with Crippen molar-refractivity contribution < 1.29 is 28.7 Å². The zero-order chi connectivity index (χ0) is 25.5. The molecule has 35 heavy (non-hydrogen) atoms. The van der Waals surface area contributed by atoms with Gasteiger partial charge in [0.25, 0.3) is 5.91 Å². The summed E-state index contributed by atoms with van der Waals surface area (Å²) in [5.41, 5.74) is 0.850. The minimum atomic E-state index is -0.791. The second-order valence-electron chi connectivity index (χ2n) is 9.39. The van der Waals surface area contributed by atoms with Crippen molar-refractivity contribution in [3.8, 4) is 0 Å². The molecule has 0 radical (unpaired) electrons.